The monoisotopic (exact) mass is 347 g/mol. The van der Waals surface area contributed by atoms with E-state index in [0.717, 1.165) is 42.1 Å². The fourth-order valence-corrected chi connectivity index (χ4v) is 2.68. The van der Waals surface area contributed by atoms with Crippen molar-refractivity contribution in [1.29, 1.82) is 0 Å². The molecule has 0 fully saturated rings. The molecule has 4 heteroatoms. The van der Waals surface area contributed by atoms with E-state index in [4.69, 9.17) is 0 Å². The Morgan fingerprint density at radius 3 is 2.67 bits per heavy atom. The van der Waals surface area contributed by atoms with Gasteiger partial charge >= 0.3 is 0 Å². The minimum atomic E-state index is 0.541. The summed E-state index contributed by atoms with van der Waals surface area (Å²) in [5.74, 6) is 2.34. The molecule has 0 aliphatic heterocycles. The van der Waals surface area contributed by atoms with E-state index in [9.17, 15) is 0 Å². The van der Waals surface area contributed by atoms with Crippen molar-refractivity contribution >= 4 is 21.7 Å². The number of aryl methyl sites for hydroxylation is 1. The molecule has 1 aromatic carbocycles. The third-order valence-corrected chi connectivity index (χ3v) is 3.87. The van der Waals surface area contributed by atoms with Crippen LogP contribution in [0.25, 0.3) is 0 Å². The number of nitrogens with zero attached hydrogens (tertiary/aromatic N) is 2. The first kappa shape index (κ1) is 16.0. The Bertz CT molecular complexity index is 557. The molecule has 1 aromatic heterocycles. The quantitative estimate of drug-likeness (QED) is 0.731. The van der Waals surface area contributed by atoms with Crippen LogP contribution >= 0.6 is 15.9 Å². The number of benzene rings is 1. The molecular formula is C17H22BrN3. The lowest BCUT2D eigenvalue weighted by atomic mass is 9.98. The highest BCUT2D eigenvalue weighted by molar-refractivity contribution is 9.10. The van der Waals surface area contributed by atoms with Crippen LogP contribution in [0, 0.1) is 0 Å². The maximum atomic E-state index is 4.54. The Morgan fingerprint density at radius 2 is 1.95 bits per heavy atom. The second kappa shape index (κ2) is 8.13. The number of anilines is 1. The Hall–Kier alpha value is -1.42. The first-order valence-electron chi connectivity index (χ1n) is 7.51. The molecule has 1 N–H and O–H groups in total. The molecule has 0 aliphatic rings. The Balaban J connectivity index is 1.88. The first-order chi connectivity index (χ1) is 10.2. The molecule has 0 bridgehead atoms. The average molecular weight is 348 g/mol. The Labute approximate surface area is 135 Å². The van der Waals surface area contributed by atoms with E-state index in [-0.39, 0.29) is 0 Å². The second-order valence-corrected chi connectivity index (χ2v) is 6.08. The lowest BCUT2D eigenvalue weighted by molar-refractivity contribution is 0.703. The molecule has 112 valence electrons. The number of hydrogen-bond donors (Lipinski definition) is 1. The van der Waals surface area contributed by atoms with Crippen molar-refractivity contribution in [2.24, 2.45) is 0 Å². The first-order valence-corrected chi connectivity index (χ1v) is 8.30. The van der Waals surface area contributed by atoms with E-state index >= 15 is 0 Å². The zero-order chi connectivity index (χ0) is 15.1. The van der Waals surface area contributed by atoms with Crippen molar-refractivity contribution in [3.05, 3.63) is 52.4 Å². The predicted octanol–water partition coefficient (Wildman–Crippen LogP) is 4.80. The van der Waals surface area contributed by atoms with E-state index in [1.165, 1.54) is 5.56 Å². The van der Waals surface area contributed by atoms with E-state index in [1.807, 2.05) is 6.07 Å². The molecule has 0 saturated carbocycles. The van der Waals surface area contributed by atoms with Gasteiger partial charge in [0.2, 0.25) is 0 Å². The number of rotatable bonds is 7. The Morgan fingerprint density at radius 1 is 1.19 bits per heavy atom. The molecule has 3 nitrogen and oxygen atoms in total. The average Bonchev–Trinajstić information content (AvgIpc) is 2.48. The van der Waals surface area contributed by atoms with Crippen molar-refractivity contribution in [1.82, 2.24) is 9.97 Å². The standard InChI is InChI=1S/C17H22BrN3/c1-3-7-16-20-15(18)12-17(21-16)19-11-10-13(2)14-8-5-4-6-9-14/h4-6,8-9,12-13H,3,7,10-11H2,1-2H3,(H,19,20,21). The van der Waals surface area contributed by atoms with Crippen LogP contribution in [-0.2, 0) is 6.42 Å². The molecule has 0 amide bonds. The van der Waals surface area contributed by atoms with Gasteiger partial charge < -0.3 is 5.32 Å². The minimum Gasteiger partial charge on any atom is -0.370 e. The van der Waals surface area contributed by atoms with Crippen LogP contribution in [0.4, 0.5) is 5.82 Å². The summed E-state index contributed by atoms with van der Waals surface area (Å²) in [6.07, 6.45) is 3.05. The zero-order valence-corrected chi connectivity index (χ0v) is 14.2. The summed E-state index contributed by atoms with van der Waals surface area (Å²) in [6, 6.07) is 12.6. The highest BCUT2D eigenvalue weighted by Crippen LogP contribution is 2.19. The highest BCUT2D eigenvalue weighted by atomic mass is 79.9. The number of hydrogen-bond acceptors (Lipinski definition) is 3. The Kier molecular flexibility index (Phi) is 6.18. The van der Waals surface area contributed by atoms with E-state index < -0.39 is 0 Å². The molecule has 1 unspecified atom stereocenters. The topological polar surface area (TPSA) is 37.8 Å². The zero-order valence-electron chi connectivity index (χ0n) is 12.6. The fourth-order valence-electron chi connectivity index (χ4n) is 2.26. The molecule has 1 atom stereocenters. The molecular weight excluding hydrogens is 326 g/mol. The van der Waals surface area contributed by atoms with Crippen molar-refractivity contribution in [3.63, 3.8) is 0 Å². The fraction of sp³-hybridized carbons (Fsp3) is 0.412. The van der Waals surface area contributed by atoms with Crippen LogP contribution < -0.4 is 5.32 Å². The lowest BCUT2D eigenvalue weighted by Crippen LogP contribution is -2.09. The third kappa shape index (κ3) is 5.12. The van der Waals surface area contributed by atoms with Crippen molar-refractivity contribution in [2.75, 3.05) is 11.9 Å². The van der Waals surface area contributed by atoms with Crippen LogP contribution in [0.5, 0.6) is 0 Å². The predicted molar refractivity (Wildman–Crippen MR) is 91.7 cm³/mol. The van der Waals surface area contributed by atoms with Crippen molar-refractivity contribution in [2.45, 2.75) is 39.0 Å². The van der Waals surface area contributed by atoms with Gasteiger partial charge in [-0.3, -0.25) is 0 Å². The second-order valence-electron chi connectivity index (χ2n) is 5.27. The third-order valence-electron chi connectivity index (χ3n) is 3.47. The molecule has 2 aromatic rings. The number of halogens is 1. The lowest BCUT2D eigenvalue weighted by Gasteiger charge is -2.13. The summed E-state index contributed by atoms with van der Waals surface area (Å²) in [5, 5.41) is 3.40. The van der Waals surface area contributed by atoms with Crippen LogP contribution in [0.15, 0.2) is 41.0 Å². The van der Waals surface area contributed by atoms with Gasteiger partial charge in [-0.1, -0.05) is 44.2 Å². The molecule has 0 spiro atoms. The summed E-state index contributed by atoms with van der Waals surface area (Å²) in [4.78, 5) is 8.92. The van der Waals surface area contributed by atoms with Gasteiger partial charge in [-0.05, 0) is 40.3 Å². The van der Waals surface area contributed by atoms with Gasteiger partial charge in [-0.25, -0.2) is 9.97 Å². The van der Waals surface area contributed by atoms with E-state index in [0.29, 0.717) is 5.92 Å². The maximum absolute atomic E-state index is 4.54. The smallest absolute Gasteiger partial charge is 0.132 e. The van der Waals surface area contributed by atoms with Gasteiger partial charge in [-0.15, -0.1) is 0 Å². The van der Waals surface area contributed by atoms with E-state index in [2.05, 4.69) is 75.4 Å². The van der Waals surface area contributed by atoms with Gasteiger partial charge in [0.15, 0.2) is 0 Å². The summed E-state index contributed by atoms with van der Waals surface area (Å²) in [6.45, 7) is 5.30. The van der Waals surface area contributed by atoms with Gasteiger partial charge in [0.25, 0.3) is 0 Å². The summed E-state index contributed by atoms with van der Waals surface area (Å²) >= 11 is 3.45. The molecule has 0 aliphatic carbocycles. The molecule has 1 heterocycles. The van der Waals surface area contributed by atoms with Crippen LogP contribution in [0.1, 0.15) is 44.0 Å². The van der Waals surface area contributed by atoms with Gasteiger partial charge in [0.05, 0.1) is 0 Å². The maximum Gasteiger partial charge on any atom is 0.132 e. The van der Waals surface area contributed by atoms with Gasteiger partial charge in [-0.2, -0.15) is 0 Å². The normalized spacial score (nSPS) is 12.1. The largest absolute Gasteiger partial charge is 0.370 e. The molecule has 0 saturated heterocycles. The number of nitrogens with one attached hydrogen (secondary N) is 1. The van der Waals surface area contributed by atoms with Crippen molar-refractivity contribution < 1.29 is 0 Å². The molecule has 2 rings (SSSR count). The summed E-state index contributed by atoms with van der Waals surface area (Å²) in [7, 11) is 0. The van der Waals surface area contributed by atoms with Gasteiger partial charge in [0.1, 0.15) is 16.2 Å². The number of aromatic nitrogens is 2. The van der Waals surface area contributed by atoms with Crippen LogP contribution in [0.2, 0.25) is 0 Å². The highest BCUT2D eigenvalue weighted by Gasteiger charge is 2.06. The van der Waals surface area contributed by atoms with Crippen molar-refractivity contribution in [3.8, 4) is 0 Å². The molecule has 0 radical (unpaired) electrons. The van der Waals surface area contributed by atoms with E-state index in [1.54, 1.807) is 0 Å². The van der Waals surface area contributed by atoms with Crippen LogP contribution in [0.3, 0.4) is 0 Å². The van der Waals surface area contributed by atoms with Gasteiger partial charge in [0, 0.05) is 19.0 Å². The van der Waals surface area contributed by atoms with Crippen LogP contribution in [-0.4, -0.2) is 16.5 Å². The summed E-state index contributed by atoms with van der Waals surface area (Å²) < 4.78 is 0.847. The summed E-state index contributed by atoms with van der Waals surface area (Å²) in [5.41, 5.74) is 1.38. The SMILES string of the molecule is CCCc1nc(Br)cc(NCCC(C)c2ccccc2)n1. The molecule has 21 heavy (non-hydrogen) atoms. The minimum absolute atomic E-state index is 0.541.